The number of aromatic nitrogens is 2. The number of amides is 2. The lowest BCUT2D eigenvalue weighted by Gasteiger charge is -2.35. The molecule has 0 radical (unpaired) electrons. The van der Waals surface area contributed by atoms with Crippen molar-refractivity contribution in [1.29, 1.82) is 0 Å². The standard InChI is InChI=1S/C15H15FN4O3/c1-8-7-20(9(2)13(21)17-8)15(22)12-18-14(23-19-12)10-3-5-11(16)6-4-10/h3-6,8-9H,7H2,1-2H3,(H,17,21). The van der Waals surface area contributed by atoms with Gasteiger partial charge >= 0.3 is 0 Å². The largest absolute Gasteiger partial charge is 0.350 e. The molecule has 0 bridgehead atoms. The molecule has 1 N–H and O–H groups in total. The second-order valence-corrected chi connectivity index (χ2v) is 5.47. The number of rotatable bonds is 2. The van der Waals surface area contributed by atoms with Crippen LogP contribution in [0.3, 0.4) is 0 Å². The number of nitrogens with one attached hydrogen (secondary N) is 1. The van der Waals surface area contributed by atoms with E-state index in [1.807, 2.05) is 6.92 Å². The van der Waals surface area contributed by atoms with Gasteiger partial charge in [0.1, 0.15) is 11.9 Å². The Hall–Kier alpha value is -2.77. The number of benzene rings is 1. The average Bonchev–Trinajstić information content (AvgIpc) is 3.01. The first kappa shape index (κ1) is 15.1. The van der Waals surface area contributed by atoms with Crippen molar-refractivity contribution in [2.75, 3.05) is 6.54 Å². The molecule has 2 unspecified atom stereocenters. The maximum absolute atomic E-state index is 12.9. The highest BCUT2D eigenvalue weighted by Gasteiger charge is 2.35. The SMILES string of the molecule is CC1CN(C(=O)c2noc(-c3ccc(F)cc3)n2)C(C)C(=O)N1. The fourth-order valence-corrected chi connectivity index (χ4v) is 2.41. The maximum atomic E-state index is 12.9. The molecule has 1 aromatic carbocycles. The summed E-state index contributed by atoms with van der Waals surface area (Å²) in [5.41, 5.74) is 0.510. The van der Waals surface area contributed by atoms with E-state index in [0.29, 0.717) is 12.1 Å². The van der Waals surface area contributed by atoms with Gasteiger partial charge in [-0.3, -0.25) is 9.59 Å². The Labute approximate surface area is 131 Å². The summed E-state index contributed by atoms with van der Waals surface area (Å²) < 4.78 is 18.0. The quantitative estimate of drug-likeness (QED) is 0.899. The van der Waals surface area contributed by atoms with Gasteiger partial charge < -0.3 is 14.7 Å². The molecule has 2 amide bonds. The first-order chi connectivity index (χ1) is 11.0. The average molecular weight is 318 g/mol. The topological polar surface area (TPSA) is 88.3 Å². The zero-order valence-electron chi connectivity index (χ0n) is 12.6. The van der Waals surface area contributed by atoms with Crippen LogP contribution in [0.15, 0.2) is 28.8 Å². The fraction of sp³-hybridized carbons (Fsp3) is 0.333. The minimum absolute atomic E-state index is 0.121. The molecular formula is C15H15FN4O3. The molecule has 1 saturated heterocycles. The van der Waals surface area contributed by atoms with E-state index in [4.69, 9.17) is 4.52 Å². The van der Waals surface area contributed by atoms with E-state index in [9.17, 15) is 14.0 Å². The van der Waals surface area contributed by atoms with Crippen LogP contribution in [-0.2, 0) is 4.79 Å². The van der Waals surface area contributed by atoms with E-state index >= 15 is 0 Å². The molecule has 2 aromatic rings. The smallest absolute Gasteiger partial charge is 0.296 e. The summed E-state index contributed by atoms with van der Waals surface area (Å²) in [4.78, 5) is 29.8. The van der Waals surface area contributed by atoms with Crippen molar-refractivity contribution < 1.29 is 18.5 Å². The summed E-state index contributed by atoms with van der Waals surface area (Å²) >= 11 is 0. The maximum Gasteiger partial charge on any atom is 0.296 e. The van der Waals surface area contributed by atoms with Gasteiger partial charge in [-0.25, -0.2) is 4.39 Å². The minimum atomic E-state index is -0.605. The number of hydrogen-bond donors (Lipinski definition) is 1. The Morgan fingerprint density at radius 2 is 2.04 bits per heavy atom. The third-order valence-electron chi connectivity index (χ3n) is 3.68. The molecule has 2 heterocycles. The summed E-state index contributed by atoms with van der Waals surface area (Å²) in [5.74, 6) is -1.09. The van der Waals surface area contributed by atoms with Crippen molar-refractivity contribution >= 4 is 11.8 Å². The van der Waals surface area contributed by atoms with Gasteiger partial charge in [0.2, 0.25) is 5.91 Å². The van der Waals surface area contributed by atoms with Crippen LogP contribution in [-0.4, -0.2) is 45.5 Å². The van der Waals surface area contributed by atoms with Gasteiger partial charge in [-0.15, -0.1) is 0 Å². The number of nitrogens with zero attached hydrogens (tertiary/aromatic N) is 3. The van der Waals surface area contributed by atoms with Crippen molar-refractivity contribution in [2.45, 2.75) is 25.9 Å². The van der Waals surface area contributed by atoms with Gasteiger partial charge in [-0.2, -0.15) is 4.98 Å². The van der Waals surface area contributed by atoms with E-state index < -0.39 is 11.9 Å². The zero-order valence-corrected chi connectivity index (χ0v) is 12.6. The van der Waals surface area contributed by atoms with Crippen LogP contribution in [0.25, 0.3) is 11.5 Å². The predicted octanol–water partition coefficient (Wildman–Crippen LogP) is 1.22. The van der Waals surface area contributed by atoms with E-state index in [2.05, 4.69) is 15.5 Å². The van der Waals surface area contributed by atoms with Gasteiger partial charge in [0.05, 0.1) is 0 Å². The third kappa shape index (κ3) is 2.92. The number of piperazine rings is 1. The molecule has 1 fully saturated rings. The lowest BCUT2D eigenvalue weighted by molar-refractivity contribution is -0.128. The van der Waals surface area contributed by atoms with Crippen LogP contribution < -0.4 is 5.32 Å². The molecule has 1 aromatic heterocycles. The molecule has 8 heteroatoms. The second-order valence-electron chi connectivity index (χ2n) is 5.47. The highest BCUT2D eigenvalue weighted by atomic mass is 19.1. The van der Waals surface area contributed by atoms with Gasteiger partial charge in [0, 0.05) is 18.2 Å². The molecule has 0 aliphatic carbocycles. The number of halogens is 1. The van der Waals surface area contributed by atoms with Crippen LogP contribution >= 0.6 is 0 Å². The molecule has 23 heavy (non-hydrogen) atoms. The Balaban J connectivity index is 1.83. The van der Waals surface area contributed by atoms with Crippen molar-refractivity contribution in [3.05, 3.63) is 35.9 Å². The van der Waals surface area contributed by atoms with Crippen LogP contribution in [0.5, 0.6) is 0 Å². The molecule has 0 saturated carbocycles. The summed E-state index contributed by atoms with van der Waals surface area (Å²) in [6.07, 6.45) is 0. The van der Waals surface area contributed by atoms with Gasteiger partial charge in [-0.1, -0.05) is 5.16 Å². The first-order valence-corrected chi connectivity index (χ1v) is 7.16. The van der Waals surface area contributed by atoms with Crippen LogP contribution in [0.1, 0.15) is 24.5 Å². The van der Waals surface area contributed by atoms with Crippen LogP contribution in [0, 0.1) is 5.82 Å². The highest BCUT2D eigenvalue weighted by Crippen LogP contribution is 2.19. The van der Waals surface area contributed by atoms with E-state index in [-0.39, 0.29) is 29.5 Å². The molecule has 120 valence electrons. The Morgan fingerprint density at radius 1 is 1.35 bits per heavy atom. The first-order valence-electron chi connectivity index (χ1n) is 7.16. The molecule has 1 aliphatic heterocycles. The van der Waals surface area contributed by atoms with E-state index in [0.717, 1.165) is 0 Å². The molecular weight excluding hydrogens is 303 g/mol. The van der Waals surface area contributed by atoms with Crippen LogP contribution in [0.2, 0.25) is 0 Å². The number of carbonyl (C=O) groups excluding carboxylic acids is 2. The molecule has 3 rings (SSSR count). The predicted molar refractivity (Wildman–Crippen MR) is 77.8 cm³/mol. The van der Waals surface area contributed by atoms with Crippen molar-refractivity contribution in [3.8, 4) is 11.5 Å². The summed E-state index contributed by atoms with van der Waals surface area (Å²) in [6.45, 7) is 3.82. The van der Waals surface area contributed by atoms with Crippen molar-refractivity contribution in [2.24, 2.45) is 0 Å². The monoisotopic (exact) mass is 318 g/mol. The van der Waals surface area contributed by atoms with E-state index in [1.54, 1.807) is 6.92 Å². The summed E-state index contributed by atoms with van der Waals surface area (Å²) in [5, 5.41) is 6.44. The zero-order chi connectivity index (χ0) is 16.6. The molecule has 1 aliphatic rings. The van der Waals surface area contributed by atoms with Crippen molar-refractivity contribution in [3.63, 3.8) is 0 Å². The van der Waals surface area contributed by atoms with Crippen LogP contribution in [0.4, 0.5) is 4.39 Å². The van der Waals surface area contributed by atoms with Gasteiger partial charge in [-0.05, 0) is 38.1 Å². The summed E-state index contributed by atoms with van der Waals surface area (Å²) in [6, 6.07) is 4.74. The summed E-state index contributed by atoms with van der Waals surface area (Å²) in [7, 11) is 0. The lowest BCUT2D eigenvalue weighted by atomic mass is 10.1. The Bertz CT molecular complexity index is 743. The number of carbonyl (C=O) groups is 2. The fourth-order valence-electron chi connectivity index (χ4n) is 2.41. The number of hydrogen-bond acceptors (Lipinski definition) is 5. The Kier molecular flexibility index (Phi) is 3.81. The van der Waals surface area contributed by atoms with Gasteiger partial charge in [0.25, 0.3) is 17.6 Å². The normalized spacial score (nSPS) is 21.2. The van der Waals surface area contributed by atoms with Gasteiger partial charge in [0.15, 0.2) is 0 Å². The van der Waals surface area contributed by atoms with E-state index in [1.165, 1.54) is 29.2 Å². The van der Waals surface area contributed by atoms with Crippen molar-refractivity contribution in [1.82, 2.24) is 20.4 Å². The minimum Gasteiger partial charge on any atom is -0.350 e. The Morgan fingerprint density at radius 3 is 2.74 bits per heavy atom. The highest BCUT2D eigenvalue weighted by molar-refractivity contribution is 5.95. The third-order valence-corrected chi connectivity index (χ3v) is 3.68. The molecule has 7 nitrogen and oxygen atoms in total. The second kappa shape index (κ2) is 5.79. The molecule has 0 spiro atoms. The lowest BCUT2D eigenvalue weighted by Crippen LogP contribution is -2.59. The molecule has 2 atom stereocenters.